The number of rotatable bonds is 11. The summed E-state index contributed by atoms with van der Waals surface area (Å²) in [6.45, 7) is 2.44. The van der Waals surface area contributed by atoms with Crippen LogP contribution in [0.4, 0.5) is 17.6 Å². The summed E-state index contributed by atoms with van der Waals surface area (Å²) in [5, 5.41) is 5.33. The van der Waals surface area contributed by atoms with E-state index in [1.165, 1.54) is 44.4 Å². The van der Waals surface area contributed by atoms with Crippen molar-refractivity contribution in [3.8, 4) is 22.8 Å². The maximum Gasteiger partial charge on any atom is 0.401 e. The van der Waals surface area contributed by atoms with E-state index in [4.69, 9.17) is 21.1 Å². The van der Waals surface area contributed by atoms with Gasteiger partial charge in [0.25, 0.3) is 5.91 Å². The van der Waals surface area contributed by atoms with Gasteiger partial charge in [-0.3, -0.25) is 9.78 Å². The van der Waals surface area contributed by atoms with Gasteiger partial charge in [-0.2, -0.15) is 13.2 Å². The zero-order chi connectivity index (χ0) is 29.9. The van der Waals surface area contributed by atoms with Crippen molar-refractivity contribution in [1.29, 1.82) is 0 Å². The summed E-state index contributed by atoms with van der Waals surface area (Å²) in [6, 6.07) is 11.1. The molecule has 6 nitrogen and oxygen atoms in total. The standard InChI is InChI=1S/C30H32ClF4N3O3/c1-5-29(30(33,34)35,16-37-28(39)19-7-11-25(26(14-19)40-4)41-21-8-9-21)27-15-20(17(2)36-3)13-24(38-27)18-6-10-23(32)22(31)12-18/h6-7,10-15,17,21,36H,5,8-9,16H2,1-4H3,(H,37,39). The molecule has 1 fully saturated rings. The summed E-state index contributed by atoms with van der Waals surface area (Å²) in [6.07, 6.45) is -3.21. The Balaban J connectivity index is 1.72. The van der Waals surface area contributed by atoms with Gasteiger partial charge >= 0.3 is 6.18 Å². The molecule has 2 N–H and O–H groups in total. The van der Waals surface area contributed by atoms with Crippen molar-refractivity contribution >= 4 is 17.5 Å². The molecule has 1 aliphatic carbocycles. The lowest BCUT2D eigenvalue weighted by Crippen LogP contribution is -2.51. The van der Waals surface area contributed by atoms with Gasteiger partial charge in [-0.1, -0.05) is 18.5 Å². The van der Waals surface area contributed by atoms with Crippen LogP contribution in [0.5, 0.6) is 11.5 Å². The molecule has 220 valence electrons. The number of nitrogens with zero attached hydrogens (tertiary/aromatic N) is 1. The average molecular weight is 594 g/mol. The molecule has 2 atom stereocenters. The maximum atomic E-state index is 15.0. The van der Waals surface area contributed by atoms with Crippen LogP contribution in [-0.4, -0.2) is 43.9 Å². The molecule has 0 aliphatic heterocycles. The van der Waals surface area contributed by atoms with Crippen LogP contribution in [0.15, 0.2) is 48.5 Å². The minimum absolute atomic E-state index is 0.102. The second-order valence-corrected chi connectivity index (χ2v) is 10.5. The van der Waals surface area contributed by atoms with Crippen LogP contribution < -0.4 is 20.1 Å². The highest BCUT2D eigenvalue weighted by Gasteiger charge is 2.56. The van der Waals surface area contributed by atoms with Crippen LogP contribution in [0.2, 0.25) is 5.02 Å². The number of benzene rings is 2. The Morgan fingerprint density at radius 3 is 2.44 bits per heavy atom. The predicted molar refractivity (Wildman–Crippen MR) is 149 cm³/mol. The summed E-state index contributed by atoms with van der Waals surface area (Å²) in [4.78, 5) is 17.5. The van der Waals surface area contributed by atoms with E-state index in [0.29, 0.717) is 22.6 Å². The number of carbonyl (C=O) groups is 1. The van der Waals surface area contributed by atoms with Gasteiger partial charge in [0, 0.05) is 23.7 Å². The molecule has 1 heterocycles. The summed E-state index contributed by atoms with van der Waals surface area (Å²) < 4.78 is 69.8. The molecule has 2 aromatic carbocycles. The number of amides is 1. The van der Waals surface area contributed by atoms with Gasteiger partial charge in [0.05, 0.1) is 29.6 Å². The first kappa shape index (κ1) is 30.6. The number of pyridine rings is 1. The van der Waals surface area contributed by atoms with E-state index in [9.17, 15) is 22.4 Å². The molecule has 1 saturated carbocycles. The molecule has 2 unspecified atom stereocenters. The SMILES string of the molecule is CCC(CNC(=O)c1ccc(OC2CC2)c(OC)c1)(c1cc(C(C)NC)cc(-c2ccc(F)c(Cl)c2)n1)C(F)(F)F. The summed E-state index contributed by atoms with van der Waals surface area (Å²) >= 11 is 5.97. The summed E-state index contributed by atoms with van der Waals surface area (Å²) in [5.41, 5.74) is -1.56. The van der Waals surface area contributed by atoms with Crippen molar-refractivity contribution < 1.29 is 31.8 Å². The fraction of sp³-hybridized carbons (Fsp3) is 0.400. The third kappa shape index (κ3) is 6.59. The molecule has 0 spiro atoms. The van der Waals surface area contributed by atoms with Crippen LogP contribution in [0.25, 0.3) is 11.3 Å². The lowest BCUT2D eigenvalue weighted by atomic mass is 9.79. The van der Waals surface area contributed by atoms with Crippen molar-refractivity contribution in [2.75, 3.05) is 20.7 Å². The van der Waals surface area contributed by atoms with Crippen molar-refractivity contribution in [2.45, 2.75) is 56.8 Å². The Morgan fingerprint density at radius 2 is 1.85 bits per heavy atom. The van der Waals surface area contributed by atoms with Crippen LogP contribution in [-0.2, 0) is 5.41 Å². The first-order chi connectivity index (χ1) is 19.4. The van der Waals surface area contributed by atoms with Gasteiger partial charge < -0.3 is 20.1 Å². The van der Waals surface area contributed by atoms with Crippen LogP contribution in [0, 0.1) is 5.82 Å². The number of aromatic nitrogens is 1. The number of alkyl halides is 3. The molecule has 3 aromatic rings. The highest BCUT2D eigenvalue weighted by Crippen LogP contribution is 2.44. The number of ether oxygens (including phenoxy) is 2. The third-order valence-electron chi connectivity index (χ3n) is 7.43. The minimum Gasteiger partial charge on any atom is -0.493 e. The largest absolute Gasteiger partial charge is 0.493 e. The van der Waals surface area contributed by atoms with Gasteiger partial charge in [-0.15, -0.1) is 0 Å². The van der Waals surface area contributed by atoms with E-state index < -0.39 is 36.3 Å². The topological polar surface area (TPSA) is 72.5 Å². The molecule has 0 bridgehead atoms. The summed E-state index contributed by atoms with van der Waals surface area (Å²) in [5.74, 6) is -0.563. The van der Waals surface area contributed by atoms with Gasteiger partial charge in [0.2, 0.25) is 0 Å². The fourth-order valence-electron chi connectivity index (χ4n) is 4.46. The first-order valence-corrected chi connectivity index (χ1v) is 13.6. The van der Waals surface area contributed by atoms with Crippen LogP contribution in [0.3, 0.4) is 0 Å². The second kappa shape index (κ2) is 12.2. The molecular weight excluding hydrogens is 562 g/mol. The Morgan fingerprint density at radius 1 is 1.12 bits per heavy atom. The van der Waals surface area contributed by atoms with Crippen molar-refractivity contribution in [1.82, 2.24) is 15.6 Å². The molecular formula is C30H32ClF4N3O3. The monoisotopic (exact) mass is 593 g/mol. The Kier molecular flexibility index (Phi) is 9.13. The van der Waals surface area contributed by atoms with Gasteiger partial charge in [0.1, 0.15) is 11.2 Å². The van der Waals surface area contributed by atoms with E-state index in [-0.39, 0.29) is 34.1 Å². The molecule has 1 aromatic heterocycles. The quantitative estimate of drug-likeness (QED) is 0.234. The molecule has 11 heteroatoms. The third-order valence-corrected chi connectivity index (χ3v) is 7.72. The zero-order valence-electron chi connectivity index (χ0n) is 23.2. The highest BCUT2D eigenvalue weighted by molar-refractivity contribution is 6.31. The van der Waals surface area contributed by atoms with Crippen molar-refractivity contribution in [3.05, 3.63) is 76.2 Å². The smallest absolute Gasteiger partial charge is 0.401 e. The zero-order valence-corrected chi connectivity index (χ0v) is 23.9. The maximum absolute atomic E-state index is 15.0. The number of methoxy groups -OCH3 is 1. The summed E-state index contributed by atoms with van der Waals surface area (Å²) in [7, 11) is 3.12. The van der Waals surface area contributed by atoms with E-state index in [0.717, 1.165) is 18.9 Å². The van der Waals surface area contributed by atoms with E-state index >= 15 is 0 Å². The van der Waals surface area contributed by atoms with Crippen LogP contribution >= 0.6 is 11.6 Å². The van der Waals surface area contributed by atoms with E-state index in [2.05, 4.69) is 15.6 Å². The first-order valence-electron chi connectivity index (χ1n) is 13.3. The number of carbonyl (C=O) groups excluding carboxylic acids is 1. The van der Waals surface area contributed by atoms with Crippen molar-refractivity contribution in [2.24, 2.45) is 0 Å². The second-order valence-electron chi connectivity index (χ2n) is 10.1. The predicted octanol–water partition coefficient (Wildman–Crippen LogP) is 7.01. The molecule has 4 rings (SSSR count). The molecule has 0 saturated heterocycles. The van der Waals surface area contributed by atoms with Crippen molar-refractivity contribution in [3.63, 3.8) is 0 Å². The minimum atomic E-state index is -4.78. The lowest BCUT2D eigenvalue weighted by molar-refractivity contribution is -0.191. The van der Waals surface area contributed by atoms with Gasteiger partial charge in [0.15, 0.2) is 11.5 Å². The Bertz CT molecular complexity index is 1410. The van der Waals surface area contributed by atoms with Gasteiger partial charge in [-0.25, -0.2) is 4.39 Å². The Labute approximate surface area is 241 Å². The van der Waals surface area contributed by atoms with Crippen LogP contribution in [0.1, 0.15) is 60.8 Å². The van der Waals surface area contributed by atoms with Gasteiger partial charge in [-0.05, 0) is 87.3 Å². The lowest BCUT2D eigenvalue weighted by Gasteiger charge is -2.35. The molecule has 1 amide bonds. The number of halogens is 5. The highest BCUT2D eigenvalue weighted by atomic mass is 35.5. The average Bonchev–Trinajstić information content (AvgIpc) is 3.77. The fourth-order valence-corrected chi connectivity index (χ4v) is 4.64. The molecule has 1 aliphatic rings. The van der Waals surface area contributed by atoms with E-state index in [1.54, 1.807) is 26.1 Å². The number of nitrogens with one attached hydrogen (secondary N) is 2. The molecule has 0 radical (unpaired) electrons. The molecule has 41 heavy (non-hydrogen) atoms. The Hall–Kier alpha value is -3.37. The van der Waals surface area contributed by atoms with E-state index in [1.807, 2.05) is 0 Å². The number of hydrogen-bond acceptors (Lipinski definition) is 5. The number of hydrogen-bond donors (Lipinski definition) is 2. The normalized spacial score (nSPS) is 15.6.